The quantitative estimate of drug-likeness (QED) is 0.857. The van der Waals surface area contributed by atoms with E-state index in [2.05, 4.69) is 4.90 Å². The molecule has 0 aromatic heterocycles. The first-order valence-electron chi connectivity index (χ1n) is 5.28. The highest BCUT2D eigenvalue weighted by molar-refractivity contribution is 6.32. The van der Waals surface area contributed by atoms with E-state index in [0.717, 1.165) is 25.2 Å². The van der Waals surface area contributed by atoms with Crippen molar-refractivity contribution in [1.29, 1.82) is 5.26 Å². The van der Waals surface area contributed by atoms with Crippen molar-refractivity contribution in [3.63, 3.8) is 0 Å². The number of anilines is 1. The Kier molecular flexibility index (Phi) is 5.10. The van der Waals surface area contributed by atoms with Crippen LogP contribution in [0, 0.1) is 11.3 Å². The van der Waals surface area contributed by atoms with Gasteiger partial charge in [-0.25, -0.2) is 0 Å². The molecule has 0 aliphatic rings. The standard InChI is InChI=1S/C12H15ClN2O/c1-2-15(6-3-7-16)11-5-4-10(9-14)12(13)8-11/h4-5,8,16H,2-3,6-7H2,1H3. The summed E-state index contributed by atoms with van der Waals surface area (Å²) in [4.78, 5) is 2.11. The molecule has 16 heavy (non-hydrogen) atoms. The summed E-state index contributed by atoms with van der Waals surface area (Å²) >= 11 is 5.97. The number of nitrogens with zero attached hydrogens (tertiary/aromatic N) is 2. The van der Waals surface area contributed by atoms with Gasteiger partial charge in [-0.1, -0.05) is 11.6 Å². The minimum absolute atomic E-state index is 0.181. The van der Waals surface area contributed by atoms with E-state index in [-0.39, 0.29) is 6.61 Å². The first kappa shape index (κ1) is 12.8. The zero-order valence-electron chi connectivity index (χ0n) is 9.28. The highest BCUT2D eigenvalue weighted by atomic mass is 35.5. The molecule has 0 saturated heterocycles. The van der Waals surface area contributed by atoms with Gasteiger partial charge in [-0.15, -0.1) is 0 Å². The summed E-state index contributed by atoms with van der Waals surface area (Å²) in [6.45, 7) is 3.86. The van der Waals surface area contributed by atoms with Gasteiger partial charge in [0.25, 0.3) is 0 Å². The third-order valence-electron chi connectivity index (χ3n) is 2.41. The number of hydrogen-bond acceptors (Lipinski definition) is 3. The van der Waals surface area contributed by atoms with Crippen LogP contribution in [0.25, 0.3) is 0 Å². The Labute approximate surface area is 101 Å². The van der Waals surface area contributed by atoms with Gasteiger partial charge in [0.1, 0.15) is 6.07 Å². The molecule has 0 spiro atoms. The molecule has 1 N–H and O–H groups in total. The molecule has 1 rings (SSSR count). The van der Waals surface area contributed by atoms with Crippen LogP contribution in [0.4, 0.5) is 5.69 Å². The minimum atomic E-state index is 0.181. The van der Waals surface area contributed by atoms with Gasteiger partial charge >= 0.3 is 0 Å². The summed E-state index contributed by atoms with van der Waals surface area (Å²) in [6.07, 6.45) is 0.728. The SMILES string of the molecule is CCN(CCCO)c1ccc(C#N)c(Cl)c1. The molecule has 1 aromatic carbocycles. The summed E-state index contributed by atoms with van der Waals surface area (Å²) in [5, 5.41) is 18.0. The Balaban J connectivity index is 2.86. The monoisotopic (exact) mass is 238 g/mol. The molecule has 0 radical (unpaired) electrons. The number of benzene rings is 1. The lowest BCUT2D eigenvalue weighted by molar-refractivity contribution is 0.289. The molecule has 0 amide bonds. The molecule has 4 heteroatoms. The highest BCUT2D eigenvalue weighted by Crippen LogP contribution is 2.23. The average molecular weight is 239 g/mol. The number of nitriles is 1. The molecule has 1 aromatic rings. The smallest absolute Gasteiger partial charge is 0.101 e. The van der Waals surface area contributed by atoms with Gasteiger partial charge in [-0.2, -0.15) is 5.26 Å². The van der Waals surface area contributed by atoms with Crippen LogP contribution in [-0.2, 0) is 0 Å². The minimum Gasteiger partial charge on any atom is -0.396 e. The fourth-order valence-corrected chi connectivity index (χ4v) is 1.74. The van der Waals surface area contributed by atoms with E-state index in [1.54, 1.807) is 12.1 Å². The van der Waals surface area contributed by atoms with Gasteiger partial charge in [0.2, 0.25) is 0 Å². The fourth-order valence-electron chi connectivity index (χ4n) is 1.52. The van der Waals surface area contributed by atoms with Crippen molar-refractivity contribution in [2.24, 2.45) is 0 Å². The van der Waals surface area contributed by atoms with Gasteiger partial charge in [0.15, 0.2) is 0 Å². The third kappa shape index (κ3) is 3.13. The van der Waals surface area contributed by atoms with Crippen LogP contribution in [0.1, 0.15) is 18.9 Å². The Morgan fingerprint density at radius 1 is 1.50 bits per heavy atom. The molecule has 0 saturated carbocycles. The molecule has 0 heterocycles. The normalized spacial score (nSPS) is 9.88. The predicted octanol–water partition coefficient (Wildman–Crippen LogP) is 2.42. The van der Waals surface area contributed by atoms with Crippen LogP contribution >= 0.6 is 11.6 Å². The van der Waals surface area contributed by atoms with E-state index in [1.165, 1.54) is 0 Å². The summed E-state index contributed by atoms with van der Waals surface area (Å²) < 4.78 is 0. The van der Waals surface area contributed by atoms with E-state index >= 15 is 0 Å². The number of rotatable bonds is 5. The van der Waals surface area contributed by atoms with E-state index in [0.29, 0.717) is 10.6 Å². The summed E-state index contributed by atoms with van der Waals surface area (Å²) in [5.74, 6) is 0. The molecular weight excluding hydrogens is 224 g/mol. The van der Waals surface area contributed by atoms with Crippen LogP contribution in [0.3, 0.4) is 0 Å². The summed E-state index contributed by atoms with van der Waals surface area (Å²) in [5.41, 5.74) is 1.48. The van der Waals surface area contributed by atoms with Crippen molar-refractivity contribution >= 4 is 17.3 Å². The molecule has 0 bridgehead atoms. The average Bonchev–Trinajstić information content (AvgIpc) is 2.30. The Morgan fingerprint density at radius 3 is 2.75 bits per heavy atom. The Bertz CT molecular complexity index is 387. The Morgan fingerprint density at radius 2 is 2.25 bits per heavy atom. The molecule has 0 atom stereocenters. The van der Waals surface area contributed by atoms with Gasteiger partial charge in [0, 0.05) is 25.4 Å². The van der Waals surface area contributed by atoms with E-state index in [1.807, 2.05) is 19.1 Å². The van der Waals surface area contributed by atoms with Crippen molar-refractivity contribution in [1.82, 2.24) is 0 Å². The van der Waals surface area contributed by atoms with Crippen LogP contribution in [0.2, 0.25) is 5.02 Å². The first-order chi connectivity index (χ1) is 7.72. The fraction of sp³-hybridized carbons (Fsp3) is 0.417. The van der Waals surface area contributed by atoms with E-state index < -0.39 is 0 Å². The lowest BCUT2D eigenvalue weighted by Gasteiger charge is -2.23. The van der Waals surface area contributed by atoms with Gasteiger partial charge < -0.3 is 10.0 Å². The van der Waals surface area contributed by atoms with Crippen molar-refractivity contribution in [3.05, 3.63) is 28.8 Å². The molecule has 86 valence electrons. The lowest BCUT2D eigenvalue weighted by Crippen LogP contribution is -2.24. The van der Waals surface area contributed by atoms with Gasteiger partial charge in [-0.3, -0.25) is 0 Å². The predicted molar refractivity (Wildman–Crippen MR) is 65.8 cm³/mol. The zero-order chi connectivity index (χ0) is 12.0. The lowest BCUT2D eigenvalue weighted by atomic mass is 10.2. The van der Waals surface area contributed by atoms with Crippen LogP contribution in [0.5, 0.6) is 0 Å². The maximum absolute atomic E-state index is 8.80. The number of hydrogen-bond donors (Lipinski definition) is 1. The van der Waals surface area contributed by atoms with Gasteiger partial charge in [-0.05, 0) is 31.5 Å². The van der Waals surface area contributed by atoms with E-state index in [4.69, 9.17) is 22.0 Å². The summed E-state index contributed by atoms with van der Waals surface area (Å²) in [6, 6.07) is 7.43. The van der Waals surface area contributed by atoms with E-state index in [9.17, 15) is 0 Å². The van der Waals surface area contributed by atoms with Crippen LogP contribution in [0.15, 0.2) is 18.2 Å². The molecular formula is C12H15ClN2O. The molecule has 0 unspecified atom stereocenters. The second-order valence-electron chi connectivity index (χ2n) is 3.43. The third-order valence-corrected chi connectivity index (χ3v) is 2.72. The maximum atomic E-state index is 8.80. The second kappa shape index (κ2) is 6.37. The second-order valence-corrected chi connectivity index (χ2v) is 3.84. The van der Waals surface area contributed by atoms with Crippen molar-refractivity contribution in [3.8, 4) is 6.07 Å². The Hall–Kier alpha value is -1.24. The first-order valence-corrected chi connectivity index (χ1v) is 5.66. The largest absolute Gasteiger partial charge is 0.396 e. The zero-order valence-corrected chi connectivity index (χ0v) is 10.0. The van der Waals surface area contributed by atoms with Crippen LogP contribution in [-0.4, -0.2) is 24.8 Å². The van der Waals surface area contributed by atoms with Crippen molar-refractivity contribution < 1.29 is 5.11 Å². The van der Waals surface area contributed by atoms with Gasteiger partial charge in [0.05, 0.1) is 10.6 Å². The number of aliphatic hydroxyl groups excluding tert-OH is 1. The maximum Gasteiger partial charge on any atom is 0.101 e. The van der Waals surface area contributed by atoms with Crippen molar-refractivity contribution in [2.75, 3.05) is 24.6 Å². The number of halogens is 1. The molecule has 0 fully saturated rings. The van der Waals surface area contributed by atoms with Crippen LogP contribution < -0.4 is 4.90 Å². The topological polar surface area (TPSA) is 47.3 Å². The molecule has 0 aliphatic carbocycles. The molecule has 3 nitrogen and oxygen atoms in total. The highest BCUT2D eigenvalue weighted by Gasteiger charge is 2.06. The number of aliphatic hydroxyl groups is 1. The summed E-state index contributed by atoms with van der Waals surface area (Å²) in [7, 11) is 0. The van der Waals surface area contributed by atoms with Crippen molar-refractivity contribution in [2.45, 2.75) is 13.3 Å². The molecule has 0 aliphatic heterocycles.